The van der Waals surface area contributed by atoms with Crippen molar-refractivity contribution in [1.29, 1.82) is 0 Å². The summed E-state index contributed by atoms with van der Waals surface area (Å²) in [6.07, 6.45) is 5.58. The molecule has 2 aromatic rings. The van der Waals surface area contributed by atoms with Gasteiger partial charge in [-0.3, -0.25) is 0 Å². The van der Waals surface area contributed by atoms with Crippen molar-refractivity contribution in [3.63, 3.8) is 0 Å². The van der Waals surface area contributed by atoms with Crippen LogP contribution in [0.15, 0.2) is 33.2 Å². The summed E-state index contributed by atoms with van der Waals surface area (Å²) in [5, 5.41) is 5.16. The van der Waals surface area contributed by atoms with Crippen molar-refractivity contribution in [1.82, 2.24) is 10.3 Å². The number of aromatic nitrogens is 1. The molecule has 0 bridgehead atoms. The molecule has 0 saturated heterocycles. The van der Waals surface area contributed by atoms with Crippen LogP contribution in [-0.4, -0.2) is 17.5 Å². The maximum atomic E-state index is 5.83. The van der Waals surface area contributed by atoms with Gasteiger partial charge in [-0.25, -0.2) is 9.98 Å². The van der Waals surface area contributed by atoms with E-state index in [2.05, 4.69) is 15.3 Å². The molecule has 0 atom stereocenters. The number of guanidine groups is 1. The largest absolute Gasteiger partial charge is 0.443 e. The van der Waals surface area contributed by atoms with Gasteiger partial charge < -0.3 is 15.5 Å². The van der Waals surface area contributed by atoms with Gasteiger partial charge in [0.15, 0.2) is 5.96 Å². The predicted octanol–water partition coefficient (Wildman–Crippen LogP) is 3.23. The summed E-state index contributed by atoms with van der Waals surface area (Å²) >= 11 is 1.60. The molecule has 1 aliphatic carbocycles. The molecule has 0 radical (unpaired) electrons. The van der Waals surface area contributed by atoms with E-state index in [1.54, 1.807) is 17.6 Å². The molecule has 2 heterocycles. The predicted molar refractivity (Wildman–Crippen MR) is 95.9 cm³/mol. The highest BCUT2D eigenvalue weighted by molar-refractivity contribution is 14.0. The summed E-state index contributed by atoms with van der Waals surface area (Å²) in [4.78, 5) is 9.71. The zero-order chi connectivity index (χ0) is 13.8. The Labute approximate surface area is 145 Å². The minimum absolute atomic E-state index is 0. The lowest BCUT2D eigenvalue weighted by Crippen LogP contribution is -2.37. The molecule has 114 valence electrons. The lowest BCUT2D eigenvalue weighted by atomic mass is 9.85. The Bertz CT molecular complexity index is 578. The molecule has 7 heteroatoms. The average molecular weight is 418 g/mol. The number of thiophene rings is 1. The Hall–Kier alpha value is -1.09. The van der Waals surface area contributed by atoms with Gasteiger partial charge in [-0.2, -0.15) is 0 Å². The molecular formula is C14H19IN4OS. The molecular weight excluding hydrogens is 399 g/mol. The lowest BCUT2D eigenvalue weighted by Gasteiger charge is -2.25. The van der Waals surface area contributed by atoms with Crippen molar-refractivity contribution in [2.75, 3.05) is 6.54 Å². The maximum Gasteiger partial charge on any atom is 0.236 e. The monoisotopic (exact) mass is 418 g/mol. The average Bonchev–Trinajstić information content (AvgIpc) is 3.05. The fraction of sp³-hybridized carbons (Fsp3) is 0.429. The van der Waals surface area contributed by atoms with Crippen molar-refractivity contribution in [2.24, 2.45) is 16.6 Å². The van der Waals surface area contributed by atoms with Crippen molar-refractivity contribution in [3.8, 4) is 10.8 Å². The van der Waals surface area contributed by atoms with Gasteiger partial charge in [0, 0.05) is 6.54 Å². The first kappa shape index (κ1) is 16.3. The van der Waals surface area contributed by atoms with Gasteiger partial charge in [0.1, 0.15) is 12.0 Å². The molecule has 0 aromatic carbocycles. The molecule has 3 N–H and O–H groups in total. The normalized spacial score (nSPS) is 15.3. The van der Waals surface area contributed by atoms with Gasteiger partial charge in [-0.05, 0) is 30.2 Å². The maximum absolute atomic E-state index is 5.83. The third-order valence-electron chi connectivity index (χ3n) is 3.49. The second-order valence-electron chi connectivity index (χ2n) is 5.00. The highest BCUT2D eigenvalue weighted by Gasteiger charge is 2.16. The van der Waals surface area contributed by atoms with E-state index < -0.39 is 0 Å². The van der Waals surface area contributed by atoms with Crippen molar-refractivity contribution < 1.29 is 4.42 Å². The van der Waals surface area contributed by atoms with Crippen molar-refractivity contribution in [3.05, 3.63) is 29.5 Å². The first-order valence-electron chi connectivity index (χ1n) is 6.83. The highest BCUT2D eigenvalue weighted by Crippen LogP contribution is 2.25. The fourth-order valence-corrected chi connectivity index (χ4v) is 2.72. The van der Waals surface area contributed by atoms with E-state index in [0.717, 1.165) is 23.0 Å². The van der Waals surface area contributed by atoms with Crippen LogP contribution in [0.25, 0.3) is 10.8 Å². The number of hydrogen-bond acceptors (Lipinski definition) is 4. The minimum Gasteiger partial charge on any atom is -0.443 e. The summed E-state index contributed by atoms with van der Waals surface area (Å²) in [6.45, 7) is 1.37. The Morgan fingerprint density at radius 2 is 2.38 bits per heavy atom. The van der Waals surface area contributed by atoms with Crippen LogP contribution in [-0.2, 0) is 6.54 Å². The number of oxazole rings is 1. The second-order valence-corrected chi connectivity index (χ2v) is 5.95. The standard InChI is InChI=1S/C14H18N4OS.HI/c15-14(16-7-10-3-1-4-10)17-8-11-9-19-13(18-11)12-5-2-6-20-12;/h2,5-6,9-10H,1,3-4,7-8H2,(H3,15,16,17);1H. The first-order valence-corrected chi connectivity index (χ1v) is 7.71. The molecule has 2 aromatic heterocycles. The van der Waals surface area contributed by atoms with E-state index in [1.807, 2.05) is 17.5 Å². The third-order valence-corrected chi connectivity index (χ3v) is 4.35. The van der Waals surface area contributed by atoms with E-state index >= 15 is 0 Å². The Morgan fingerprint density at radius 3 is 3.05 bits per heavy atom. The Morgan fingerprint density at radius 1 is 1.52 bits per heavy atom. The number of nitrogens with two attached hydrogens (primary N) is 1. The summed E-state index contributed by atoms with van der Waals surface area (Å²) < 4.78 is 5.43. The van der Waals surface area contributed by atoms with Gasteiger partial charge in [-0.15, -0.1) is 35.3 Å². The van der Waals surface area contributed by atoms with Crippen LogP contribution in [0.5, 0.6) is 0 Å². The second kappa shape index (κ2) is 7.79. The van der Waals surface area contributed by atoms with E-state index in [9.17, 15) is 0 Å². The summed E-state index contributed by atoms with van der Waals surface area (Å²) in [5.41, 5.74) is 6.63. The number of halogens is 1. The Balaban J connectivity index is 0.00000161. The molecule has 0 spiro atoms. The van der Waals surface area contributed by atoms with Crippen LogP contribution in [0.2, 0.25) is 0 Å². The molecule has 0 unspecified atom stereocenters. The highest BCUT2D eigenvalue weighted by atomic mass is 127. The molecule has 1 saturated carbocycles. The Kier molecular flexibility index (Phi) is 6.04. The van der Waals surface area contributed by atoms with Crippen molar-refractivity contribution >= 4 is 41.3 Å². The molecule has 1 aliphatic rings. The smallest absolute Gasteiger partial charge is 0.236 e. The molecule has 5 nitrogen and oxygen atoms in total. The van der Waals surface area contributed by atoms with Crippen LogP contribution in [0.1, 0.15) is 25.0 Å². The fourth-order valence-electron chi connectivity index (χ4n) is 2.06. The number of aliphatic imine (C=N–C) groups is 1. The van der Waals surface area contributed by atoms with E-state index in [1.165, 1.54) is 19.3 Å². The van der Waals surface area contributed by atoms with Crippen LogP contribution >= 0.6 is 35.3 Å². The first-order chi connectivity index (χ1) is 9.81. The topological polar surface area (TPSA) is 76.4 Å². The van der Waals surface area contributed by atoms with Gasteiger partial charge in [0.25, 0.3) is 0 Å². The van der Waals surface area contributed by atoms with Crippen LogP contribution in [0, 0.1) is 5.92 Å². The van der Waals surface area contributed by atoms with Gasteiger partial charge in [0.2, 0.25) is 5.89 Å². The molecule has 21 heavy (non-hydrogen) atoms. The van der Waals surface area contributed by atoms with Gasteiger partial charge in [0.05, 0.1) is 11.4 Å². The number of rotatable bonds is 5. The zero-order valence-electron chi connectivity index (χ0n) is 11.6. The van der Waals surface area contributed by atoms with Gasteiger partial charge in [-0.1, -0.05) is 12.5 Å². The SMILES string of the molecule is I.NC(=NCc1coc(-c2cccs2)n1)NCC1CCC1. The van der Waals surface area contributed by atoms with E-state index in [-0.39, 0.29) is 24.0 Å². The van der Waals surface area contributed by atoms with E-state index in [0.29, 0.717) is 18.4 Å². The summed E-state index contributed by atoms with van der Waals surface area (Å²) in [6, 6.07) is 3.96. The lowest BCUT2D eigenvalue weighted by molar-refractivity contribution is 0.315. The zero-order valence-corrected chi connectivity index (χ0v) is 14.8. The number of nitrogens with zero attached hydrogens (tertiary/aromatic N) is 2. The number of hydrogen-bond donors (Lipinski definition) is 2. The molecule has 3 rings (SSSR count). The quantitative estimate of drug-likeness (QED) is 0.444. The van der Waals surface area contributed by atoms with E-state index in [4.69, 9.17) is 10.2 Å². The van der Waals surface area contributed by atoms with Crippen LogP contribution in [0.4, 0.5) is 0 Å². The van der Waals surface area contributed by atoms with Crippen molar-refractivity contribution in [2.45, 2.75) is 25.8 Å². The summed E-state index contributed by atoms with van der Waals surface area (Å²) in [7, 11) is 0. The number of nitrogens with one attached hydrogen (secondary N) is 1. The third kappa shape index (κ3) is 4.44. The van der Waals surface area contributed by atoms with Gasteiger partial charge >= 0.3 is 0 Å². The van der Waals surface area contributed by atoms with Crippen LogP contribution in [0.3, 0.4) is 0 Å². The summed E-state index contributed by atoms with van der Waals surface area (Å²) in [5.74, 6) is 1.89. The van der Waals surface area contributed by atoms with Crippen LogP contribution < -0.4 is 11.1 Å². The minimum atomic E-state index is 0. The molecule has 1 fully saturated rings. The molecule has 0 amide bonds. The molecule has 0 aliphatic heterocycles.